The van der Waals surface area contributed by atoms with E-state index in [1.54, 1.807) is 9.80 Å². The number of hydrogen-bond acceptors (Lipinski definition) is 7. The molecule has 0 aliphatic carbocycles. The summed E-state index contributed by atoms with van der Waals surface area (Å²) < 4.78 is 21.3. The van der Waals surface area contributed by atoms with Crippen LogP contribution in [0.2, 0.25) is 5.02 Å². The summed E-state index contributed by atoms with van der Waals surface area (Å²) in [5.41, 5.74) is -0.551. The van der Waals surface area contributed by atoms with Crippen LogP contribution in [0, 0.1) is 5.82 Å². The molecule has 3 saturated heterocycles. The van der Waals surface area contributed by atoms with Gasteiger partial charge in [0.1, 0.15) is 40.3 Å². The van der Waals surface area contributed by atoms with Crippen molar-refractivity contribution in [3.8, 4) is 22.8 Å². The Morgan fingerprint density at radius 2 is 2.05 bits per heavy atom. The number of fused-ring (bicyclic) bond motifs is 3. The van der Waals surface area contributed by atoms with Crippen molar-refractivity contribution in [3.63, 3.8) is 0 Å². The minimum Gasteiger partial charge on any atom is -0.507 e. The second kappa shape index (κ2) is 9.65. The summed E-state index contributed by atoms with van der Waals surface area (Å²) in [5.74, 6) is -1.26. The Kier molecular flexibility index (Phi) is 6.36. The molecule has 2 aromatic rings. The average Bonchev–Trinajstić information content (AvgIpc) is 3.16. The minimum absolute atomic E-state index is 0.0442. The summed E-state index contributed by atoms with van der Waals surface area (Å²) in [7, 11) is 0. The Balaban J connectivity index is 1.49. The molecular formula is C28H29ClFN5O5. The van der Waals surface area contributed by atoms with Gasteiger partial charge >= 0.3 is 0 Å². The zero-order valence-electron chi connectivity index (χ0n) is 22.0. The van der Waals surface area contributed by atoms with E-state index in [2.05, 4.69) is 6.58 Å². The molecule has 0 spiro atoms. The highest BCUT2D eigenvalue weighted by molar-refractivity contribution is 6.35. The molecule has 3 fully saturated rings. The lowest BCUT2D eigenvalue weighted by atomic mass is 9.95. The summed E-state index contributed by atoms with van der Waals surface area (Å²) in [5, 5.41) is 10.5. The molecule has 0 bridgehead atoms. The summed E-state index contributed by atoms with van der Waals surface area (Å²) in [6.07, 6.45) is 2.34. The molecule has 0 saturated carbocycles. The lowest BCUT2D eigenvalue weighted by Crippen LogP contribution is -2.59. The van der Waals surface area contributed by atoms with Crippen molar-refractivity contribution in [2.75, 3.05) is 50.8 Å². The lowest BCUT2D eigenvalue weighted by Gasteiger charge is -2.46. The molecule has 5 heterocycles. The highest BCUT2D eigenvalue weighted by Crippen LogP contribution is 2.47. The number of hydrogen-bond donors (Lipinski definition) is 1. The number of amides is 3. The van der Waals surface area contributed by atoms with Crippen LogP contribution in [-0.4, -0.2) is 100.0 Å². The predicted molar refractivity (Wildman–Crippen MR) is 145 cm³/mol. The van der Waals surface area contributed by atoms with Gasteiger partial charge in [0.2, 0.25) is 11.8 Å². The number of rotatable bonds is 3. The Labute approximate surface area is 235 Å². The van der Waals surface area contributed by atoms with Crippen molar-refractivity contribution in [2.45, 2.75) is 31.3 Å². The molecule has 40 heavy (non-hydrogen) atoms. The van der Waals surface area contributed by atoms with Crippen molar-refractivity contribution in [2.24, 2.45) is 0 Å². The SMILES string of the molecule is C=CC(=O)N1CCN2C(=O)c3c(N4CCN5C(=O)CCC5(C)C4)nc(-c4c(O)cccc4F)c(Cl)c3OC[C@H]2C1. The second-order valence-corrected chi connectivity index (χ2v) is 11.2. The molecule has 1 aromatic carbocycles. The predicted octanol–water partition coefficient (Wildman–Crippen LogP) is 2.68. The highest BCUT2D eigenvalue weighted by Gasteiger charge is 2.47. The maximum absolute atomic E-state index is 15.1. The largest absolute Gasteiger partial charge is 0.507 e. The van der Waals surface area contributed by atoms with E-state index in [-0.39, 0.29) is 76.6 Å². The van der Waals surface area contributed by atoms with Gasteiger partial charge in [-0.2, -0.15) is 0 Å². The van der Waals surface area contributed by atoms with Crippen molar-refractivity contribution in [3.05, 3.63) is 47.3 Å². The number of ether oxygens (including phenoxy) is 1. The third-order valence-corrected chi connectivity index (χ3v) is 8.77. The molecule has 1 unspecified atom stereocenters. The fraction of sp³-hybridized carbons (Fsp3) is 0.429. The normalized spacial score (nSPS) is 24.2. The quantitative estimate of drug-likeness (QED) is 0.567. The number of aromatic hydroxyl groups is 1. The van der Waals surface area contributed by atoms with Crippen LogP contribution in [0.1, 0.15) is 30.1 Å². The minimum atomic E-state index is -0.727. The van der Waals surface area contributed by atoms with Crippen LogP contribution in [0.25, 0.3) is 11.3 Å². The van der Waals surface area contributed by atoms with Gasteiger partial charge < -0.3 is 29.4 Å². The molecule has 12 heteroatoms. The molecular weight excluding hydrogens is 541 g/mol. The molecule has 4 aliphatic heterocycles. The fourth-order valence-electron chi connectivity index (χ4n) is 6.32. The van der Waals surface area contributed by atoms with Gasteiger partial charge in [0.15, 0.2) is 5.75 Å². The third kappa shape index (κ3) is 4.06. The summed E-state index contributed by atoms with van der Waals surface area (Å²) in [6.45, 7) is 7.71. The van der Waals surface area contributed by atoms with E-state index < -0.39 is 17.4 Å². The number of halogens is 2. The average molecular weight is 570 g/mol. The molecule has 3 amide bonds. The van der Waals surface area contributed by atoms with E-state index in [1.807, 2.05) is 16.7 Å². The van der Waals surface area contributed by atoms with Gasteiger partial charge in [0.05, 0.1) is 17.1 Å². The van der Waals surface area contributed by atoms with Crippen LogP contribution >= 0.6 is 11.6 Å². The van der Waals surface area contributed by atoms with Crippen LogP contribution in [0.15, 0.2) is 30.9 Å². The van der Waals surface area contributed by atoms with Crippen molar-refractivity contribution in [1.29, 1.82) is 0 Å². The van der Waals surface area contributed by atoms with Gasteiger partial charge in [-0.25, -0.2) is 9.37 Å². The van der Waals surface area contributed by atoms with Gasteiger partial charge in [-0.05, 0) is 31.6 Å². The van der Waals surface area contributed by atoms with Crippen LogP contribution < -0.4 is 9.64 Å². The first-order valence-corrected chi connectivity index (χ1v) is 13.6. The summed E-state index contributed by atoms with van der Waals surface area (Å²) >= 11 is 6.80. The van der Waals surface area contributed by atoms with Crippen LogP contribution in [0.4, 0.5) is 10.2 Å². The van der Waals surface area contributed by atoms with Gasteiger partial charge in [-0.3, -0.25) is 14.4 Å². The third-order valence-electron chi connectivity index (χ3n) is 8.42. The van der Waals surface area contributed by atoms with Crippen molar-refractivity contribution in [1.82, 2.24) is 19.7 Å². The van der Waals surface area contributed by atoms with Gasteiger partial charge in [0.25, 0.3) is 5.91 Å². The van der Waals surface area contributed by atoms with Gasteiger partial charge in [-0.1, -0.05) is 24.2 Å². The van der Waals surface area contributed by atoms with E-state index >= 15 is 4.39 Å². The van der Waals surface area contributed by atoms with Gasteiger partial charge in [-0.15, -0.1) is 0 Å². The number of carbonyl (C=O) groups is 3. The Bertz CT molecular complexity index is 1430. The first-order valence-electron chi connectivity index (χ1n) is 13.2. The Hall–Kier alpha value is -3.86. The number of pyridine rings is 1. The fourth-order valence-corrected chi connectivity index (χ4v) is 6.60. The molecule has 6 rings (SSSR count). The molecule has 1 aromatic heterocycles. The van der Waals surface area contributed by atoms with Crippen molar-refractivity contribution < 1.29 is 28.6 Å². The van der Waals surface area contributed by atoms with Gasteiger partial charge in [0, 0.05) is 45.7 Å². The summed E-state index contributed by atoms with van der Waals surface area (Å²) in [6, 6.07) is 3.45. The van der Waals surface area contributed by atoms with E-state index in [0.717, 1.165) is 0 Å². The Morgan fingerprint density at radius 1 is 1.25 bits per heavy atom. The first kappa shape index (κ1) is 26.4. The van der Waals surface area contributed by atoms with E-state index in [0.29, 0.717) is 39.0 Å². The van der Waals surface area contributed by atoms with E-state index in [4.69, 9.17) is 21.3 Å². The summed E-state index contributed by atoms with van der Waals surface area (Å²) in [4.78, 5) is 50.8. The van der Waals surface area contributed by atoms with E-state index in [1.165, 1.54) is 24.3 Å². The maximum atomic E-state index is 15.1. The molecule has 0 radical (unpaired) electrons. The standard InChI is InChI=1S/C28H29ClFN5O5/c1-3-19(37)32-9-11-34-16(13-32)14-40-25-22(27(34)39)26(33-10-12-35-20(38)7-8-28(35,2)15-33)31-24(23(25)29)21-17(30)5-4-6-18(21)36/h3-6,16,36H,1,7-15H2,2H3/t16-,28?/m1/s1. The second-order valence-electron chi connectivity index (χ2n) is 10.9. The Morgan fingerprint density at radius 3 is 2.80 bits per heavy atom. The smallest absolute Gasteiger partial charge is 0.261 e. The molecule has 1 N–H and O–H groups in total. The van der Waals surface area contributed by atoms with Crippen LogP contribution in [0.3, 0.4) is 0 Å². The first-order chi connectivity index (χ1) is 19.1. The topological polar surface area (TPSA) is 107 Å². The maximum Gasteiger partial charge on any atom is 0.261 e. The molecule has 210 valence electrons. The molecule has 10 nitrogen and oxygen atoms in total. The zero-order chi connectivity index (χ0) is 28.3. The number of phenolic OH excluding ortho intramolecular Hbond substituents is 1. The monoisotopic (exact) mass is 569 g/mol. The number of aromatic nitrogens is 1. The number of phenols is 1. The van der Waals surface area contributed by atoms with Crippen LogP contribution in [0.5, 0.6) is 11.5 Å². The van der Waals surface area contributed by atoms with Crippen molar-refractivity contribution >= 4 is 35.1 Å². The number of nitrogens with zero attached hydrogens (tertiary/aromatic N) is 5. The lowest BCUT2D eigenvalue weighted by molar-refractivity contribution is -0.131. The molecule has 4 aliphatic rings. The number of anilines is 1. The van der Waals surface area contributed by atoms with E-state index in [9.17, 15) is 19.5 Å². The zero-order valence-corrected chi connectivity index (χ0v) is 22.8. The van der Waals surface area contributed by atoms with Crippen LogP contribution in [-0.2, 0) is 9.59 Å². The number of carbonyl (C=O) groups excluding carboxylic acids is 3. The number of piperazine rings is 2. The highest BCUT2D eigenvalue weighted by atomic mass is 35.5. The number of benzene rings is 1. The molecule has 2 atom stereocenters.